The highest BCUT2D eigenvalue weighted by Crippen LogP contribution is 2.36. The van der Waals surface area contributed by atoms with Crippen molar-refractivity contribution in [2.24, 2.45) is 0 Å². The fourth-order valence-corrected chi connectivity index (χ4v) is 6.70. The average molecular weight is 763 g/mol. The van der Waals surface area contributed by atoms with E-state index in [1.54, 1.807) is 4.90 Å². The quantitative estimate of drug-likeness (QED) is 0.303. The molecule has 0 unspecified atom stereocenters. The molecule has 4 fully saturated rings. The van der Waals surface area contributed by atoms with Crippen LogP contribution in [0.3, 0.4) is 0 Å². The van der Waals surface area contributed by atoms with Gasteiger partial charge in [-0.1, -0.05) is 14.9 Å². The largest absolute Gasteiger partial charge is 0.444 e. The maximum Gasteiger partial charge on any atom is 0.414 e. The Labute approximate surface area is 309 Å². The molecule has 2 atom stereocenters. The minimum Gasteiger partial charge on any atom is -0.444 e. The number of amides is 2. The summed E-state index contributed by atoms with van der Waals surface area (Å²) in [5, 5.41) is 29.7. The lowest BCUT2D eigenvalue weighted by Gasteiger charge is -2.39. The third-order valence-electron chi connectivity index (χ3n) is 9.43. The number of methoxy groups -OCH3 is 2. The van der Waals surface area contributed by atoms with Crippen molar-refractivity contribution in [1.29, 1.82) is 0 Å². The number of nitrogens with zero attached hydrogens (tertiary/aromatic N) is 4. The second-order valence-electron chi connectivity index (χ2n) is 13.2. The van der Waals surface area contributed by atoms with Gasteiger partial charge in [-0.25, -0.2) is 27.2 Å². The maximum atomic E-state index is 14.6. The molecule has 2 amide bonds. The standard InChI is InChI=1S/C17H22F2N2O5.C17H22F2N2O4.2CH4/c1-25-10-17(24)2-4-20(5-3-17)15-13(18)6-11(7-14(15)19)21-8-12(9-22)26-16(21)23;1-11-9-21(16(22)25-11)12-7-13(18)15(14(19)8-12)20-5-3-17(23,4-6-20)10-24-2;;/h6-7,12,22,24H,2-5,8-10H2,1H3;7-8,11,23H,3-6,9-10H2,1-2H3;2*1H4/t12-;11-;;/m10../s1/i;1T;;. The van der Waals surface area contributed by atoms with Crippen molar-refractivity contribution in [2.45, 2.75) is 70.8 Å². The van der Waals surface area contributed by atoms with Gasteiger partial charge in [0.25, 0.3) is 0 Å². The number of ether oxygens (including phenoxy) is 4. The van der Waals surface area contributed by atoms with E-state index in [-0.39, 0.29) is 90.5 Å². The Kier molecular flexibility index (Phi) is 14.2. The Bertz CT molecular complexity index is 1430. The van der Waals surface area contributed by atoms with Crippen molar-refractivity contribution in [3.05, 3.63) is 47.5 Å². The number of aliphatic hydroxyl groups excluding tert-OH is 1. The summed E-state index contributed by atoms with van der Waals surface area (Å²) in [5.74, 6) is -3.14. The van der Waals surface area contributed by atoms with E-state index >= 15 is 0 Å². The molecule has 4 aliphatic rings. The number of halogens is 4. The number of aliphatic hydroxyl groups is 3. The number of piperidine rings is 2. The van der Waals surface area contributed by atoms with E-state index in [9.17, 15) is 37.4 Å². The molecule has 2 aromatic rings. The van der Waals surface area contributed by atoms with Gasteiger partial charge in [-0.15, -0.1) is 0 Å². The van der Waals surface area contributed by atoms with E-state index in [2.05, 4.69) is 0 Å². The summed E-state index contributed by atoms with van der Waals surface area (Å²) >= 11 is 0. The third-order valence-corrected chi connectivity index (χ3v) is 9.43. The van der Waals surface area contributed by atoms with Crippen molar-refractivity contribution < 1.29 is 62.8 Å². The highest BCUT2D eigenvalue weighted by molar-refractivity contribution is 5.90. The molecular formula is C36H52F4N4O9. The molecule has 0 radical (unpaired) electrons. The SMILES string of the molecule is C.C.COCC1(O)CCN(c2c(F)cc(N3C[C@H](CO)OC3=O)cc2F)CC1.[3H]C[C@H]1CN(c2cc(F)c(N3CCC(O)(COC)CC3)c(F)c2)C(=O)O1. The van der Waals surface area contributed by atoms with Crippen LogP contribution >= 0.6 is 0 Å². The second kappa shape index (κ2) is 18.0. The normalized spacial score (nSPS) is 22.2. The Morgan fingerprint density at radius 1 is 0.736 bits per heavy atom. The van der Waals surface area contributed by atoms with Gasteiger partial charge in [0.2, 0.25) is 0 Å². The minimum absolute atomic E-state index is 0. The Balaban J connectivity index is 0.000000280. The van der Waals surface area contributed by atoms with Crippen LogP contribution in [0.1, 0.15) is 48.8 Å². The van der Waals surface area contributed by atoms with Crippen LogP contribution < -0.4 is 19.6 Å². The zero-order valence-electron chi connectivity index (χ0n) is 29.5. The third kappa shape index (κ3) is 9.81. The van der Waals surface area contributed by atoms with Crippen LogP contribution in [0.5, 0.6) is 0 Å². The van der Waals surface area contributed by atoms with E-state index in [1.165, 1.54) is 19.1 Å². The fraction of sp³-hybridized carbons (Fsp3) is 0.611. The molecule has 4 saturated heterocycles. The first-order valence-corrected chi connectivity index (χ1v) is 16.5. The number of anilines is 4. The molecule has 298 valence electrons. The summed E-state index contributed by atoms with van der Waals surface area (Å²) in [6, 6.07) is 4.36. The van der Waals surface area contributed by atoms with Gasteiger partial charge < -0.3 is 44.1 Å². The predicted octanol–water partition coefficient (Wildman–Crippen LogP) is 4.82. The van der Waals surface area contributed by atoms with Gasteiger partial charge in [0, 0.05) is 66.0 Å². The van der Waals surface area contributed by atoms with E-state index in [0.717, 1.165) is 34.1 Å². The predicted molar refractivity (Wildman–Crippen MR) is 191 cm³/mol. The van der Waals surface area contributed by atoms with Crippen molar-refractivity contribution in [3.8, 4) is 0 Å². The molecule has 13 nitrogen and oxygen atoms in total. The maximum absolute atomic E-state index is 14.6. The van der Waals surface area contributed by atoms with Crippen LogP contribution in [-0.4, -0.2) is 124 Å². The smallest absolute Gasteiger partial charge is 0.414 e. The molecule has 0 saturated carbocycles. The molecule has 4 heterocycles. The topological polar surface area (TPSA) is 145 Å². The van der Waals surface area contributed by atoms with Gasteiger partial charge in [-0.05, 0) is 32.6 Å². The van der Waals surface area contributed by atoms with E-state index in [4.69, 9.17) is 25.4 Å². The zero-order chi connectivity index (χ0) is 37.8. The van der Waals surface area contributed by atoms with Gasteiger partial charge in [-0.2, -0.15) is 0 Å². The van der Waals surface area contributed by atoms with Crippen LogP contribution in [0.25, 0.3) is 0 Å². The summed E-state index contributed by atoms with van der Waals surface area (Å²) in [5.41, 5.74) is -2.22. The number of hydrogen-bond acceptors (Lipinski definition) is 11. The number of cyclic esters (lactones) is 2. The molecule has 4 aliphatic heterocycles. The van der Waals surface area contributed by atoms with Crippen LogP contribution in [-0.2, 0) is 18.9 Å². The average Bonchev–Trinajstić information content (AvgIpc) is 3.68. The molecule has 17 heteroatoms. The molecule has 3 N–H and O–H groups in total. The molecule has 6 rings (SSSR count). The number of hydrogen-bond donors (Lipinski definition) is 3. The first-order valence-electron chi connectivity index (χ1n) is 17.2. The lowest BCUT2D eigenvalue weighted by atomic mass is 9.92. The Morgan fingerprint density at radius 3 is 1.43 bits per heavy atom. The number of benzene rings is 2. The molecule has 53 heavy (non-hydrogen) atoms. The highest BCUT2D eigenvalue weighted by Gasteiger charge is 2.37. The van der Waals surface area contributed by atoms with Crippen LogP contribution in [0, 0.1) is 23.3 Å². The van der Waals surface area contributed by atoms with Gasteiger partial charge in [-0.3, -0.25) is 9.80 Å². The summed E-state index contributed by atoms with van der Waals surface area (Å²) < 4.78 is 85.5. The first-order chi connectivity index (χ1) is 24.7. The van der Waals surface area contributed by atoms with Crippen LogP contribution in [0.15, 0.2) is 24.3 Å². The number of carbonyl (C=O) groups is 2. The minimum atomic E-state index is -0.989. The molecule has 2 aromatic carbocycles. The lowest BCUT2D eigenvalue weighted by Crippen LogP contribution is -2.47. The molecule has 0 spiro atoms. The summed E-state index contributed by atoms with van der Waals surface area (Å²) in [6.07, 6.45) is -1.44. The van der Waals surface area contributed by atoms with Crippen molar-refractivity contribution in [3.63, 3.8) is 0 Å². The first kappa shape index (κ1) is 41.9. The van der Waals surface area contributed by atoms with E-state index < -0.39 is 58.9 Å². The molecule has 0 aliphatic carbocycles. The monoisotopic (exact) mass is 762 g/mol. The Hall–Kier alpha value is -3.90. The van der Waals surface area contributed by atoms with Crippen molar-refractivity contribution in [2.75, 3.05) is 92.9 Å². The Morgan fingerprint density at radius 2 is 1.11 bits per heavy atom. The summed E-state index contributed by atoms with van der Waals surface area (Å²) in [6.45, 7) is 1.16. The fourth-order valence-electron chi connectivity index (χ4n) is 6.70. The van der Waals surface area contributed by atoms with E-state index in [0.29, 0.717) is 38.8 Å². The van der Waals surface area contributed by atoms with Crippen LogP contribution in [0.2, 0.25) is 0 Å². The molecule has 0 aromatic heterocycles. The lowest BCUT2D eigenvalue weighted by molar-refractivity contribution is -0.0474. The van der Waals surface area contributed by atoms with Crippen LogP contribution in [0.4, 0.5) is 49.9 Å². The zero-order valence-corrected chi connectivity index (χ0v) is 28.5. The van der Waals surface area contributed by atoms with Crippen molar-refractivity contribution in [1.82, 2.24) is 0 Å². The van der Waals surface area contributed by atoms with E-state index in [1.807, 2.05) is 0 Å². The number of rotatable bonds is 9. The summed E-state index contributed by atoms with van der Waals surface area (Å²) in [4.78, 5) is 28.9. The van der Waals surface area contributed by atoms with Gasteiger partial charge in [0.1, 0.15) is 23.6 Å². The van der Waals surface area contributed by atoms with Crippen molar-refractivity contribution >= 4 is 34.9 Å². The molecular weight excluding hydrogens is 708 g/mol. The van der Waals surface area contributed by atoms with Gasteiger partial charge >= 0.3 is 12.2 Å². The molecule has 0 bridgehead atoms. The number of carbonyl (C=O) groups excluding carboxylic acids is 2. The van der Waals surface area contributed by atoms with Gasteiger partial charge in [0.15, 0.2) is 23.3 Å². The summed E-state index contributed by atoms with van der Waals surface area (Å²) in [7, 11) is 2.99. The van der Waals surface area contributed by atoms with Gasteiger partial charge in [0.05, 0.1) is 55.5 Å². The second-order valence-corrected chi connectivity index (χ2v) is 13.2. The highest BCUT2D eigenvalue weighted by atomic mass is 19.1.